The van der Waals surface area contributed by atoms with Crippen LogP contribution in [-0.4, -0.2) is 34.3 Å². The maximum Gasteiger partial charge on any atom is 0.271 e. The molecule has 0 aliphatic rings. The molecule has 2 aromatic carbocycles. The number of amides is 1. The first kappa shape index (κ1) is 20.3. The molecular formula is C21H19N3O4S. The van der Waals surface area contributed by atoms with Crippen LogP contribution < -0.4 is 15.6 Å². The summed E-state index contributed by atoms with van der Waals surface area (Å²) in [5.41, 5.74) is 1.53. The van der Waals surface area contributed by atoms with Crippen molar-refractivity contribution in [2.45, 2.75) is 11.9 Å². The van der Waals surface area contributed by atoms with Crippen LogP contribution in [-0.2, 0) is 4.79 Å². The fourth-order valence-electron chi connectivity index (χ4n) is 2.50. The minimum atomic E-state index is -0.269. The first-order valence-electron chi connectivity index (χ1n) is 8.75. The number of ether oxygens (including phenoxy) is 1. The topological polar surface area (TPSA) is 90.3 Å². The van der Waals surface area contributed by atoms with Gasteiger partial charge in [-0.15, -0.1) is 0 Å². The van der Waals surface area contributed by atoms with Gasteiger partial charge in [0.05, 0.1) is 18.6 Å². The number of thioether (sulfide) groups is 1. The molecule has 8 heteroatoms. The molecule has 29 heavy (non-hydrogen) atoms. The summed E-state index contributed by atoms with van der Waals surface area (Å²) in [5, 5.41) is 7.63. The first-order valence-corrected chi connectivity index (χ1v) is 9.73. The Morgan fingerprint density at radius 1 is 1.03 bits per heavy atom. The number of rotatable bonds is 7. The van der Waals surface area contributed by atoms with E-state index in [1.54, 1.807) is 61.7 Å². The number of carbonyl (C=O) groups is 2. The van der Waals surface area contributed by atoms with Crippen molar-refractivity contribution in [2.24, 2.45) is 0 Å². The van der Waals surface area contributed by atoms with Gasteiger partial charge < -0.3 is 10.1 Å². The minimum Gasteiger partial charge on any atom is -0.497 e. The Bertz CT molecular complexity index is 1080. The van der Waals surface area contributed by atoms with Crippen LogP contribution >= 0.6 is 11.8 Å². The maximum atomic E-state index is 12.2. The Balaban J connectivity index is 1.65. The van der Waals surface area contributed by atoms with Crippen molar-refractivity contribution in [3.05, 3.63) is 76.6 Å². The lowest BCUT2D eigenvalue weighted by atomic mass is 10.1. The van der Waals surface area contributed by atoms with Crippen LogP contribution in [0.3, 0.4) is 0 Å². The van der Waals surface area contributed by atoms with Gasteiger partial charge >= 0.3 is 0 Å². The molecule has 1 aromatic heterocycles. The SMILES string of the molecule is COc1ccc(-n2nc(SCC(=O)Nc3ccc(C(C)=O)cc3)ccc2=O)cc1. The molecule has 7 nitrogen and oxygen atoms in total. The number of hydrogen-bond acceptors (Lipinski definition) is 6. The van der Waals surface area contributed by atoms with Crippen molar-refractivity contribution in [1.82, 2.24) is 9.78 Å². The minimum absolute atomic E-state index is 0.0310. The summed E-state index contributed by atoms with van der Waals surface area (Å²) >= 11 is 1.22. The van der Waals surface area contributed by atoms with Gasteiger partial charge in [0.2, 0.25) is 5.91 Å². The van der Waals surface area contributed by atoms with E-state index in [1.165, 1.54) is 29.4 Å². The highest BCUT2D eigenvalue weighted by Crippen LogP contribution is 2.17. The van der Waals surface area contributed by atoms with Gasteiger partial charge in [-0.1, -0.05) is 11.8 Å². The van der Waals surface area contributed by atoms with Crippen molar-refractivity contribution in [3.8, 4) is 11.4 Å². The van der Waals surface area contributed by atoms with E-state index in [4.69, 9.17) is 4.74 Å². The molecule has 0 fully saturated rings. The van der Waals surface area contributed by atoms with Gasteiger partial charge in [0.1, 0.15) is 10.8 Å². The van der Waals surface area contributed by atoms with E-state index < -0.39 is 0 Å². The standard InChI is InChI=1S/C21H19N3O4S/c1-14(25)15-3-5-16(6-4-15)22-19(26)13-29-20-11-12-21(27)24(23-20)17-7-9-18(28-2)10-8-17/h3-12H,13H2,1-2H3,(H,22,26). The van der Waals surface area contributed by atoms with E-state index >= 15 is 0 Å². The highest BCUT2D eigenvalue weighted by molar-refractivity contribution is 7.99. The molecular weight excluding hydrogens is 390 g/mol. The van der Waals surface area contributed by atoms with Crippen LogP contribution in [0.2, 0.25) is 0 Å². The Kier molecular flexibility index (Phi) is 6.46. The highest BCUT2D eigenvalue weighted by Gasteiger charge is 2.08. The number of nitrogens with one attached hydrogen (secondary N) is 1. The maximum absolute atomic E-state index is 12.2. The van der Waals surface area contributed by atoms with Gasteiger partial charge in [0.25, 0.3) is 5.56 Å². The van der Waals surface area contributed by atoms with Gasteiger partial charge in [0.15, 0.2) is 5.78 Å². The average Bonchev–Trinajstić information content (AvgIpc) is 2.73. The molecule has 1 amide bonds. The number of methoxy groups -OCH3 is 1. The number of Topliss-reactive ketones (excluding diaryl/α,β-unsaturated/α-hetero) is 1. The molecule has 0 saturated carbocycles. The van der Waals surface area contributed by atoms with Gasteiger partial charge in [-0.3, -0.25) is 14.4 Å². The van der Waals surface area contributed by atoms with Crippen LogP contribution in [0.15, 0.2) is 70.5 Å². The number of nitrogens with zero attached hydrogens (tertiary/aromatic N) is 2. The van der Waals surface area contributed by atoms with Crippen LogP contribution in [0.5, 0.6) is 5.75 Å². The molecule has 0 aliphatic carbocycles. The Hall–Kier alpha value is -3.39. The second-order valence-electron chi connectivity index (χ2n) is 6.09. The number of ketones is 1. The quantitative estimate of drug-likeness (QED) is 0.476. The summed E-state index contributed by atoms with van der Waals surface area (Å²) in [6, 6.07) is 16.7. The Morgan fingerprint density at radius 2 is 1.72 bits per heavy atom. The fraction of sp³-hybridized carbons (Fsp3) is 0.143. The molecule has 0 radical (unpaired) electrons. The Labute approximate surface area is 171 Å². The van der Waals surface area contributed by atoms with Crippen molar-refractivity contribution in [2.75, 3.05) is 18.2 Å². The highest BCUT2D eigenvalue weighted by atomic mass is 32.2. The molecule has 0 aliphatic heterocycles. The molecule has 0 unspecified atom stereocenters. The smallest absolute Gasteiger partial charge is 0.271 e. The lowest BCUT2D eigenvalue weighted by Crippen LogP contribution is -2.20. The summed E-state index contributed by atoms with van der Waals surface area (Å²) < 4.78 is 6.40. The van der Waals surface area contributed by atoms with E-state index in [2.05, 4.69) is 10.4 Å². The number of benzene rings is 2. The normalized spacial score (nSPS) is 10.4. The summed E-state index contributed by atoms with van der Waals surface area (Å²) in [6.45, 7) is 1.49. The summed E-state index contributed by atoms with van der Waals surface area (Å²) in [5.74, 6) is 0.564. The third-order valence-corrected chi connectivity index (χ3v) is 4.94. The van der Waals surface area contributed by atoms with E-state index in [0.717, 1.165) is 0 Å². The number of hydrogen-bond donors (Lipinski definition) is 1. The molecule has 3 aromatic rings. The zero-order valence-corrected chi connectivity index (χ0v) is 16.7. The van der Waals surface area contributed by atoms with Gasteiger partial charge in [-0.25, -0.2) is 0 Å². The van der Waals surface area contributed by atoms with Crippen molar-refractivity contribution >= 4 is 29.1 Å². The van der Waals surface area contributed by atoms with E-state index in [9.17, 15) is 14.4 Å². The second kappa shape index (κ2) is 9.20. The third-order valence-electron chi connectivity index (χ3n) is 4.02. The average molecular weight is 409 g/mol. The largest absolute Gasteiger partial charge is 0.497 e. The summed E-state index contributed by atoms with van der Waals surface area (Å²) in [6.07, 6.45) is 0. The summed E-state index contributed by atoms with van der Waals surface area (Å²) in [4.78, 5) is 35.6. The molecule has 3 rings (SSSR count). The van der Waals surface area contributed by atoms with Crippen LogP contribution in [0.4, 0.5) is 5.69 Å². The molecule has 0 spiro atoms. The fourth-order valence-corrected chi connectivity index (χ4v) is 3.16. The van der Waals surface area contributed by atoms with Gasteiger partial charge in [-0.05, 0) is 61.5 Å². The van der Waals surface area contributed by atoms with Crippen LogP contribution in [0, 0.1) is 0 Å². The number of carbonyl (C=O) groups excluding carboxylic acids is 2. The molecule has 0 saturated heterocycles. The second-order valence-corrected chi connectivity index (χ2v) is 7.09. The van der Waals surface area contributed by atoms with Gasteiger partial charge in [-0.2, -0.15) is 9.78 Å². The molecule has 1 N–H and O–H groups in total. The lowest BCUT2D eigenvalue weighted by molar-refractivity contribution is -0.113. The first-order chi connectivity index (χ1) is 14.0. The Morgan fingerprint density at radius 3 is 2.34 bits per heavy atom. The number of aromatic nitrogens is 2. The predicted molar refractivity (Wildman–Crippen MR) is 112 cm³/mol. The van der Waals surface area contributed by atoms with E-state index in [1.807, 2.05) is 0 Å². The van der Waals surface area contributed by atoms with Crippen molar-refractivity contribution < 1.29 is 14.3 Å². The molecule has 0 atom stereocenters. The molecule has 1 heterocycles. The van der Waals surface area contributed by atoms with Crippen LogP contribution in [0.25, 0.3) is 5.69 Å². The molecule has 0 bridgehead atoms. The monoisotopic (exact) mass is 409 g/mol. The lowest BCUT2D eigenvalue weighted by Gasteiger charge is -2.08. The summed E-state index contributed by atoms with van der Waals surface area (Å²) in [7, 11) is 1.57. The van der Waals surface area contributed by atoms with Crippen molar-refractivity contribution in [3.63, 3.8) is 0 Å². The predicted octanol–water partition coefficient (Wildman–Crippen LogP) is 3.17. The van der Waals surface area contributed by atoms with Crippen molar-refractivity contribution in [1.29, 1.82) is 0 Å². The van der Waals surface area contributed by atoms with Gasteiger partial charge in [0, 0.05) is 17.3 Å². The molecule has 148 valence electrons. The number of anilines is 1. The van der Waals surface area contributed by atoms with Crippen LogP contribution in [0.1, 0.15) is 17.3 Å². The van der Waals surface area contributed by atoms with E-state index in [0.29, 0.717) is 27.7 Å². The third kappa shape index (κ3) is 5.32. The van der Waals surface area contributed by atoms with E-state index in [-0.39, 0.29) is 23.0 Å². The zero-order chi connectivity index (χ0) is 20.8. The zero-order valence-electron chi connectivity index (χ0n) is 15.9.